The highest BCUT2D eigenvalue weighted by molar-refractivity contribution is 9.10. The number of amides is 1. The molecule has 0 spiro atoms. The van der Waals surface area contributed by atoms with Crippen molar-refractivity contribution < 1.29 is 18.3 Å². The van der Waals surface area contributed by atoms with Crippen LogP contribution >= 0.6 is 15.9 Å². The van der Waals surface area contributed by atoms with E-state index in [-0.39, 0.29) is 21.4 Å². The van der Waals surface area contributed by atoms with E-state index in [2.05, 4.69) is 26.0 Å². The van der Waals surface area contributed by atoms with E-state index in [1.165, 1.54) is 25.3 Å². The highest BCUT2D eigenvalue weighted by atomic mass is 79.9. The summed E-state index contributed by atoms with van der Waals surface area (Å²) in [6.07, 6.45) is 7.45. The quantitative estimate of drug-likeness (QED) is 0.660. The molecule has 0 saturated heterocycles. The highest BCUT2D eigenvalue weighted by Gasteiger charge is 2.57. The van der Waals surface area contributed by atoms with Gasteiger partial charge in [-0.05, 0) is 67.9 Å². The zero-order chi connectivity index (χ0) is 17.7. The molecule has 1 aromatic rings. The Kier molecular flexibility index (Phi) is 4.29. The molecular formula is C19H22BrF2NO2. The van der Waals surface area contributed by atoms with Gasteiger partial charge < -0.3 is 10.1 Å². The minimum atomic E-state index is -2.91. The first-order valence-corrected chi connectivity index (χ1v) is 9.67. The van der Waals surface area contributed by atoms with Gasteiger partial charge in [-0.3, -0.25) is 4.79 Å². The number of halogens is 3. The molecule has 0 aliphatic heterocycles. The number of anilines is 1. The summed E-state index contributed by atoms with van der Waals surface area (Å²) >= 11 is 3.95. The molecule has 4 fully saturated rings. The van der Waals surface area contributed by atoms with E-state index in [0.717, 1.165) is 19.3 Å². The van der Waals surface area contributed by atoms with Crippen LogP contribution in [0.25, 0.3) is 0 Å². The smallest absolute Gasteiger partial charge is 0.387 e. The fourth-order valence-corrected chi connectivity index (χ4v) is 7.36. The summed E-state index contributed by atoms with van der Waals surface area (Å²) in [5.41, 5.74) is 0.363. The number of carbonyl (C=O) groups is 1. The second kappa shape index (κ2) is 6.22. The van der Waals surface area contributed by atoms with Gasteiger partial charge >= 0.3 is 6.61 Å². The molecule has 0 radical (unpaired) electrons. The van der Waals surface area contributed by atoms with Crippen LogP contribution in [0.15, 0.2) is 24.3 Å². The molecule has 5 rings (SSSR count). The van der Waals surface area contributed by atoms with Crippen LogP contribution in [-0.4, -0.2) is 16.8 Å². The number of ether oxygens (including phenoxy) is 1. The molecule has 4 saturated carbocycles. The van der Waals surface area contributed by atoms with Crippen molar-refractivity contribution in [2.75, 3.05) is 5.32 Å². The average Bonchev–Trinajstić information content (AvgIpc) is 2.45. The first-order chi connectivity index (χ1) is 11.8. The van der Waals surface area contributed by atoms with Gasteiger partial charge in [-0.15, -0.1) is 0 Å². The average molecular weight is 414 g/mol. The van der Waals surface area contributed by atoms with Gasteiger partial charge in [0.25, 0.3) is 0 Å². The van der Waals surface area contributed by atoms with Crippen molar-refractivity contribution in [3.8, 4) is 5.75 Å². The number of hydrogen-bond acceptors (Lipinski definition) is 2. The molecule has 1 aromatic carbocycles. The second-order valence-electron chi connectivity index (χ2n) is 8.21. The zero-order valence-electron chi connectivity index (χ0n) is 13.9. The Labute approximate surface area is 154 Å². The summed E-state index contributed by atoms with van der Waals surface area (Å²) in [7, 11) is 0. The SMILES string of the molecule is O=C(CC12CC3CC(CC(Br)(C3)C1)C2)Nc1ccccc1OC(F)F. The maximum atomic E-state index is 12.7. The van der Waals surface area contributed by atoms with Gasteiger partial charge in [0.15, 0.2) is 0 Å². The summed E-state index contributed by atoms with van der Waals surface area (Å²) in [5.74, 6) is 1.32. The second-order valence-corrected chi connectivity index (χ2v) is 9.89. The van der Waals surface area contributed by atoms with Crippen LogP contribution in [-0.2, 0) is 4.79 Å². The molecular weight excluding hydrogens is 392 g/mol. The molecule has 25 heavy (non-hydrogen) atoms. The number of carbonyl (C=O) groups excluding carboxylic acids is 1. The normalized spacial score (nSPS) is 35.8. The standard InChI is InChI=1S/C19H22BrF2NO2/c20-19-8-12-5-13(9-19)7-18(6-12,11-19)10-16(24)23-14-3-1-2-4-15(14)25-17(21)22/h1-4,12-13,17H,5-11H2,(H,23,24). The summed E-state index contributed by atoms with van der Waals surface area (Å²) in [4.78, 5) is 12.7. The molecule has 136 valence electrons. The van der Waals surface area contributed by atoms with Crippen LogP contribution in [0, 0.1) is 17.3 Å². The van der Waals surface area contributed by atoms with E-state index in [9.17, 15) is 13.6 Å². The summed E-state index contributed by atoms with van der Waals surface area (Å²) in [6.45, 7) is -2.91. The van der Waals surface area contributed by atoms with Gasteiger partial charge in [-0.2, -0.15) is 8.78 Å². The van der Waals surface area contributed by atoms with Gasteiger partial charge in [-0.1, -0.05) is 28.1 Å². The van der Waals surface area contributed by atoms with Crippen LogP contribution < -0.4 is 10.1 Å². The maximum Gasteiger partial charge on any atom is 0.387 e. The minimum absolute atomic E-state index is 0.00771. The van der Waals surface area contributed by atoms with Crippen molar-refractivity contribution in [2.24, 2.45) is 17.3 Å². The van der Waals surface area contributed by atoms with Crippen molar-refractivity contribution in [1.82, 2.24) is 0 Å². The van der Waals surface area contributed by atoms with Crippen LogP contribution in [0.2, 0.25) is 0 Å². The lowest BCUT2D eigenvalue weighted by molar-refractivity contribution is -0.123. The number of nitrogens with one attached hydrogen (secondary N) is 1. The molecule has 4 bridgehead atoms. The largest absolute Gasteiger partial charge is 0.433 e. The summed E-state index contributed by atoms with van der Waals surface area (Å²) in [6, 6.07) is 6.36. The highest BCUT2D eigenvalue weighted by Crippen LogP contribution is 2.65. The third kappa shape index (κ3) is 3.55. The Morgan fingerprint density at radius 3 is 2.56 bits per heavy atom. The molecule has 4 aliphatic carbocycles. The lowest BCUT2D eigenvalue weighted by atomic mass is 9.48. The molecule has 0 aromatic heterocycles. The van der Waals surface area contributed by atoms with Crippen molar-refractivity contribution in [3.63, 3.8) is 0 Å². The number of alkyl halides is 3. The number of para-hydroxylation sites is 2. The zero-order valence-corrected chi connectivity index (χ0v) is 15.5. The van der Waals surface area contributed by atoms with Crippen LogP contribution in [0.3, 0.4) is 0 Å². The number of benzene rings is 1. The molecule has 2 unspecified atom stereocenters. The topological polar surface area (TPSA) is 38.3 Å². The van der Waals surface area contributed by atoms with Crippen LogP contribution in [0.4, 0.5) is 14.5 Å². The first kappa shape index (κ1) is 17.3. The van der Waals surface area contributed by atoms with Gasteiger partial charge in [0.2, 0.25) is 5.91 Å². The van der Waals surface area contributed by atoms with Crippen molar-refractivity contribution in [3.05, 3.63) is 24.3 Å². The fourth-order valence-electron chi connectivity index (χ4n) is 5.85. The Hall–Kier alpha value is -1.17. The van der Waals surface area contributed by atoms with E-state index in [4.69, 9.17) is 0 Å². The Balaban J connectivity index is 1.47. The lowest BCUT2D eigenvalue weighted by Crippen LogP contribution is -2.53. The molecule has 1 amide bonds. The number of hydrogen-bond donors (Lipinski definition) is 1. The van der Waals surface area contributed by atoms with Crippen molar-refractivity contribution >= 4 is 27.5 Å². The van der Waals surface area contributed by atoms with Gasteiger partial charge in [0, 0.05) is 10.7 Å². The van der Waals surface area contributed by atoms with Gasteiger partial charge in [0.05, 0.1) is 5.69 Å². The third-order valence-electron chi connectivity index (χ3n) is 6.02. The molecule has 3 nitrogen and oxygen atoms in total. The first-order valence-electron chi connectivity index (χ1n) is 8.87. The van der Waals surface area contributed by atoms with E-state index in [1.54, 1.807) is 18.2 Å². The molecule has 2 atom stereocenters. The molecule has 4 aliphatic rings. The predicted molar refractivity (Wildman–Crippen MR) is 95.1 cm³/mol. The maximum absolute atomic E-state index is 12.7. The van der Waals surface area contributed by atoms with E-state index in [0.29, 0.717) is 23.9 Å². The van der Waals surface area contributed by atoms with Gasteiger partial charge in [-0.25, -0.2) is 0 Å². The fraction of sp³-hybridized carbons (Fsp3) is 0.632. The predicted octanol–water partition coefficient (Wildman–Crippen LogP) is 5.35. The van der Waals surface area contributed by atoms with Crippen LogP contribution in [0.5, 0.6) is 5.75 Å². The molecule has 1 N–H and O–H groups in total. The lowest BCUT2D eigenvalue weighted by Gasteiger charge is -2.60. The Morgan fingerprint density at radius 2 is 1.92 bits per heavy atom. The molecule has 0 heterocycles. The van der Waals surface area contributed by atoms with Crippen LogP contribution in [0.1, 0.15) is 44.9 Å². The van der Waals surface area contributed by atoms with E-state index < -0.39 is 6.61 Å². The Bertz CT molecular complexity index is 667. The van der Waals surface area contributed by atoms with Crippen molar-refractivity contribution in [1.29, 1.82) is 0 Å². The van der Waals surface area contributed by atoms with Crippen molar-refractivity contribution in [2.45, 2.75) is 55.9 Å². The monoisotopic (exact) mass is 413 g/mol. The number of rotatable bonds is 5. The Morgan fingerprint density at radius 1 is 1.24 bits per heavy atom. The molecule has 6 heteroatoms. The summed E-state index contributed by atoms with van der Waals surface area (Å²) < 4.78 is 29.8. The summed E-state index contributed by atoms with van der Waals surface area (Å²) in [5, 5.41) is 2.79. The third-order valence-corrected chi connectivity index (χ3v) is 6.95. The van der Waals surface area contributed by atoms with E-state index in [1.807, 2.05) is 0 Å². The van der Waals surface area contributed by atoms with Gasteiger partial charge in [0.1, 0.15) is 5.75 Å². The van der Waals surface area contributed by atoms with E-state index >= 15 is 0 Å². The minimum Gasteiger partial charge on any atom is -0.433 e.